The third kappa shape index (κ3) is 4.64. The summed E-state index contributed by atoms with van der Waals surface area (Å²) in [6, 6.07) is 13.6. The van der Waals surface area contributed by atoms with Gasteiger partial charge in [-0.2, -0.15) is 0 Å². The molecule has 30 heavy (non-hydrogen) atoms. The monoisotopic (exact) mass is 473 g/mol. The van der Waals surface area contributed by atoms with Crippen molar-refractivity contribution in [2.75, 3.05) is 5.32 Å². The van der Waals surface area contributed by atoms with Crippen molar-refractivity contribution in [1.82, 2.24) is 0 Å². The van der Waals surface area contributed by atoms with Crippen LogP contribution in [0.3, 0.4) is 0 Å². The predicted octanol–water partition coefficient (Wildman–Crippen LogP) is 5.03. The molecule has 0 spiro atoms. The molecule has 3 rings (SSSR count). The van der Waals surface area contributed by atoms with Crippen molar-refractivity contribution in [2.45, 2.75) is 0 Å². The molecule has 3 aromatic carbocycles. The van der Waals surface area contributed by atoms with Crippen molar-refractivity contribution < 1.29 is 33.7 Å². The maximum Gasteiger partial charge on any atom is 0.336 e. The molecule has 0 saturated heterocycles. The van der Waals surface area contributed by atoms with E-state index in [2.05, 4.69) is 21.2 Å². The Morgan fingerprint density at radius 3 is 2.20 bits per heavy atom. The number of benzene rings is 3. The minimum Gasteiger partial charge on any atom is -0.478 e. The zero-order valence-electron chi connectivity index (χ0n) is 15.1. The van der Waals surface area contributed by atoms with Gasteiger partial charge in [-0.3, -0.25) is 4.79 Å². The first kappa shape index (κ1) is 21.0. The molecule has 0 atom stereocenters. The summed E-state index contributed by atoms with van der Waals surface area (Å²) in [7, 11) is 0. The van der Waals surface area contributed by atoms with Crippen LogP contribution in [0.15, 0.2) is 65.1 Å². The van der Waals surface area contributed by atoms with Crippen molar-refractivity contribution in [3.8, 4) is 11.5 Å². The number of nitrogens with one attached hydrogen (secondary N) is 1. The van der Waals surface area contributed by atoms with Crippen LogP contribution in [-0.2, 0) is 0 Å². The number of amides is 1. The van der Waals surface area contributed by atoms with Crippen molar-refractivity contribution in [3.05, 3.63) is 87.6 Å². The number of hydrogen-bond acceptors (Lipinski definition) is 4. The van der Waals surface area contributed by atoms with Gasteiger partial charge in [-0.25, -0.2) is 14.0 Å². The van der Waals surface area contributed by atoms with E-state index < -0.39 is 29.2 Å². The highest BCUT2D eigenvalue weighted by molar-refractivity contribution is 9.10. The Kier molecular flexibility index (Phi) is 6.12. The van der Waals surface area contributed by atoms with E-state index in [0.717, 1.165) is 24.3 Å². The highest BCUT2D eigenvalue weighted by atomic mass is 79.9. The van der Waals surface area contributed by atoms with Gasteiger partial charge in [-0.1, -0.05) is 12.1 Å². The molecular weight excluding hydrogens is 461 g/mol. The molecule has 0 aliphatic heterocycles. The number of carboxylic acid groups (broad SMARTS) is 2. The molecule has 0 heterocycles. The molecule has 7 nitrogen and oxygen atoms in total. The molecule has 0 aliphatic carbocycles. The minimum atomic E-state index is -1.42. The number of hydrogen-bond donors (Lipinski definition) is 3. The maximum absolute atomic E-state index is 13.3. The fourth-order valence-electron chi connectivity index (χ4n) is 2.60. The third-order valence-electron chi connectivity index (χ3n) is 3.99. The Morgan fingerprint density at radius 2 is 1.53 bits per heavy atom. The molecule has 0 radical (unpaired) electrons. The number of anilines is 1. The molecule has 0 unspecified atom stereocenters. The van der Waals surface area contributed by atoms with Gasteiger partial charge >= 0.3 is 11.9 Å². The van der Waals surface area contributed by atoms with Gasteiger partial charge in [-0.15, -0.1) is 0 Å². The molecule has 0 fully saturated rings. The predicted molar refractivity (Wildman–Crippen MR) is 109 cm³/mol. The maximum atomic E-state index is 13.3. The van der Waals surface area contributed by atoms with E-state index in [1.165, 1.54) is 12.1 Å². The topological polar surface area (TPSA) is 113 Å². The first-order chi connectivity index (χ1) is 14.3. The van der Waals surface area contributed by atoms with Gasteiger partial charge in [-0.05, 0) is 64.5 Å². The van der Waals surface area contributed by atoms with E-state index in [-0.39, 0.29) is 32.8 Å². The molecule has 0 aromatic heterocycles. The third-order valence-corrected chi connectivity index (χ3v) is 4.65. The fraction of sp³-hybridized carbons (Fsp3) is 0. The summed E-state index contributed by atoms with van der Waals surface area (Å²) in [5.41, 5.74) is -0.336. The number of ether oxygens (including phenoxy) is 1. The van der Waals surface area contributed by atoms with E-state index in [0.29, 0.717) is 0 Å². The smallest absolute Gasteiger partial charge is 0.336 e. The van der Waals surface area contributed by atoms with Crippen molar-refractivity contribution in [1.29, 1.82) is 0 Å². The van der Waals surface area contributed by atoms with Crippen LogP contribution >= 0.6 is 15.9 Å². The second kappa shape index (κ2) is 8.75. The van der Waals surface area contributed by atoms with Gasteiger partial charge in [0.05, 0.1) is 22.4 Å². The van der Waals surface area contributed by atoms with Gasteiger partial charge < -0.3 is 20.3 Å². The Labute approximate surface area is 177 Å². The standard InChI is InChI=1S/C21H13BrFNO6/c22-16-9-11(23)5-7-14(16)19(25)24-17-3-1-2-4-18(17)30-12-6-8-13(20(26)27)15(10-12)21(28)29/h1-10H,(H,24,25)(H,26,27)(H,28,29). The molecule has 0 bridgehead atoms. The number of halogens is 2. The fourth-order valence-corrected chi connectivity index (χ4v) is 3.13. The highest BCUT2D eigenvalue weighted by Gasteiger charge is 2.18. The van der Waals surface area contributed by atoms with E-state index >= 15 is 0 Å². The number of rotatable bonds is 6. The first-order valence-corrected chi connectivity index (χ1v) is 9.19. The Hall–Kier alpha value is -3.72. The molecule has 9 heteroatoms. The van der Waals surface area contributed by atoms with Crippen LogP contribution in [0.2, 0.25) is 0 Å². The lowest BCUT2D eigenvalue weighted by molar-refractivity contribution is 0.0651. The quantitative estimate of drug-likeness (QED) is 0.462. The summed E-state index contributed by atoms with van der Waals surface area (Å²) >= 11 is 3.14. The number of carbonyl (C=O) groups excluding carboxylic acids is 1. The van der Waals surface area contributed by atoms with Gasteiger partial charge in [0.15, 0.2) is 5.75 Å². The van der Waals surface area contributed by atoms with Crippen LogP contribution in [0.1, 0.15) is 31.1 Å². The molecule has 1 amide bonds. The number of aromatic carboxylic acids is 2. The SMILES string of the molecule is O=C(Nc1ccccc1Oc1ccc(C(=O)O)c(C(=O)O)c1)c1ccc(F)cc1Br. The van der Waals surface area contributed by atoms with Crippen molar-refractivity contribution in [3.63, 3.8) is 0 Å². The van der Waals surface area contributed by atoms with Crippen LogP contribution in [0.25, 0.3) is 0 Å². The lowest BCUT2D eigenvalue weighted by Gasteiger charge is -2.13. The molecule has 0 saturated carbocycles. The zero-order valence-corrected chi connectivity index (χ0v) is 16.6. The molecule has 3 aromatic rings. The summed E-state index contributed by atoms with van der Waals surface area (Å²) in [4.78, 5) is 35.1. The minimum absolute atomic E-state index is 0.0714. The van der Waals surface area contributed by atoms with Crippen LogP contribution in [-0.4, -0.2) is 28.1 Å². The lowest BCUT2D eigenvalue weighted by atomic mass is 10.1. The zero-order chi connectivity index (χ0) is 21.8. The van der Waals surface area contributed by atoms with Gasteiger partial charge in [0, 0.05) is 4.47 Å². The second-order valence-corrected chi connectivity index (χ2v) is 6.85. The Morgan fingerprint density at radius 1 is 0.867 bits per heavy atom. The molecule has 0 aliphatic rings. The van der Waals surface area contributed by atoms with E-state index in [1.54, 1.807) is 24.3 Å². The highest BCUT2D eigenvalue weighted by Crippen LogP contribution is 2.31. The van der Waals surface area contributed by atoms with E-state index in [9.17, 15) is 23.9 Å². The average molecular weight is 474 g/mol. The van der Waals surface area contributed by atoms with Gasteiger partial charge in [0.25, 0.3) is 5.91 Å². The van der Waals surface area contributed by atoms with E-state index in [1.807, 2.05) is 0 Å². The van der Waals surface area contributed by atoms with Crippen LogP contribution in [0.5, 0.6) is 11.5 Å². The molecular formula is C21H13BrFNO6. The normalized spacial score (nSPS) is 10.3. The summed E-state index contributed by atoms with van der Waals surface area (Å²) in [5.74, 6) is -3.55. The number of carboxylic acids is 2. The van der Waals surface area contributed by atoms with Gasteiger partial charge in [0.1, 0.15) is 11.6 Å². The number of para-hydroxylation sites is 2. The summed E-state index contributed by atoms with van der Waals surface area (Å²) in [6.45, 7) is 0. The summed E-state index contributed by atoms with van der Waals surface area (Å²) in [5, 5.41) is 21.0. The van der Waals surface area contributed by atoms with E-state index in [4.69, 9.17) is 9.84 Å². The largest absolute Gasteiger partial charge is 0.478 e. The summed E-state index contributed by atoms with van der Waals surface area (Å²) in [6.07, 6.45) is 0. The van der Waals surface area contributed by atoms with Crippen molar-refractivity contribution in [2.24, 2.45) is 0 Å². The molecule has 3 N–H and O–H groups in total. The van der Waals surface area contributed by atoms with Crippen molar-refractivity contribution >= 4 is 39.5 Å². The number of carbonyl (C=O) groups is 3. The Bertz CT molecular complexity index is 1160. The molecule has 152 valence electrons. The lowest BCUT2D eigenvalue weighted by Crippen LogP contribution is -2.13. The van der Waals surface area contributed by atoms with Crippen LogP contribution < -0.4 is 10.1 Å². The first-order valence-electron chi connectivity index (χ1n) is 8.40. The second-order valence-electron chi connectivity index (χ2n) is 5.99. The average Bonchev–Trinajstić information content (AvgIpc) is 2.69. The van der Waals surface area contributed by atoms with Gasteiger partial charge in [0.2, 0.25) is 0 Å². The van der Waals surface area contributed by atoms with Crippen LogP contribution in [0.4, 0.5) is 10.1 Å². The Balaban J connectivity index is 1.89. The summed E-state index contributed by atoms with van der Waals surface area (Å²) < 4.78 is 19.2. The van der Waals surface area contributed by atoms with Crippen LogP contribution in [0, 0.1) is 5.82 Å².